The van der Waals surface area contributed by atoms with Crippen molar-refractivity contribution < 1.29 is 0 Å². The fourth-order valence-corrected chi connectivity index (χ4v) is 1.60. The lowest BCUT2D eigenvalue weighted by Gasteiger charge is -2.03. The molecule has 0 amide bonds. The Morgan fingerprint density at radius 1 is 1.38 bits per heavy atom. The van der Waals surface area contributed by atoms with E-state index in [0.29, 0.717) is 0 Å². The number of pyridine rings is 1. The Bertz CT molecular complexity index is 213. The Morgan fingerprint density at radius 2 is 2.15 bits per heavy atom. The molecule has 1 aromatic heterocycles. The normalized spacial score (nSPS) is 10.2. The molecule has 0 aromatic carbocycles. The molecule has 0 spiro atoms. The fourth-order valence-electron chi connectivity index (χ4n) is 1.02. The van der Waals surface area contributed by atoms with E-state index in [-0.39, 0.29) is 0 Å². The zero-order chi connectivity index (χ0) is 9.36. The van der Waals surface area contributed by atoms with Crippen LogP contribution in [0, 0.1) is 0 Å². The molecule has 0 fully saturated rings. The van der Waals surface area contributed by atoms with Crippen molar-refractivity contribution in [2.45, 2.75) is 13.5 Å². The first-order valence-corrected chi connectivity index (χ1v) is 5.76. The number of nitrogens with zero attached hydrogens (tertiary/aromatic N) is 1. The van der Waals surface area contributed by atoms with Gasteiger partial charge in [-0.05, 0) is 23.4 Å². The molecule has 0 unspecified atom stereocenters. The summed E-state index contributed by atoms with van der Waals surface area (Å²) in [6.45, 7) is 4.22. The Hall–Kier alpha value is -0.540. The number of rotatable bonds is 6. The second kappa shape index (κ2) is 6.92. The highest BCUT2D eigenvalue weighted by atomic mass is 32.2. The molecule has 0 saturated heterocycles. The summed E-state index contributed by atoms with van der Waals surface area (Å²) in [5.74, 6) is 2.40. The van der Waals surface area contributed by atoms with Gasteiger partial charge in [-0.25, -0.2) is 0 Å². The summed E-state index contributed by atoms with van der Waals surface area (Å²) in [5, 5.41) is 3.39. The lowest BCUT2D eigenvalue weighted by Crippen LogP contribution is -2.16. The molecule has 1 rings (SSSR count). The van der Waals surface area contributed by atoms with Crippen molar-refractivity contribution >= 4 is 11.8 Å². The Balaban J connectivity index is 2.07. The summed E-state index contributed by atoms with van der Waals surface area (Å²) < 4.78 is 0. The minimum Gasteiger partial charge on any atom is -0.312 e. The van der Waals surface area contributed by atoms with Gasteiger partial charge in [0, 0.05) is 31.2 Å². The van der Waals surface area contributed by atoms with Crippen molar-refractivity contribution in [3.05, 3.63) is 30.1 Å². The first kappa shape index (κ1) is 10.5. The first-order valence-electron chi connectivity index (χ1n) is 4.61. The van der Waals surface area contributed by atoms with Gasteiger partial charge in [-0.2, -0.15) is 11.8 Å². The van der Waals surface area contributed by atoms with E-state index in [9.17, 15) is 0 Å². The zero-order valence-corrected chi connectivity index (χ0v) is 8.81. The van der Waals surface area contributed by atoms with E-state index in [1.807, 2.05) is 36.3 Å². The maximum Gasteiger partial charge on any atom is 0.0271 e. The summed E-state index contributed by atoms with van der Waals surface area (Å²) in [6, 6.07) is 4.08. The maximum atomic E-state index is 3.97. The second-order valence-corrected chi connectivity index (χ2v) is 4.12. The molecular weight excluding hydrogens is 180 g/mol. The third-order valence-electron chi connectivity index (χ3n) is 1.71. The Labute approximate surface area is 84.1 Å². The van der Waals surface area contributed by atoms with E-state index in [4.69, 9.17) is 0 Å². The van der Waals surface area contributed by atoms with Crippen LogP contribution in [-0.2, 0) is 6.54 Å². The van der Waals surface area contributed by atoms with Crippen molar-refractivity contribution in [2.24, 2.45) is 0 Å². The number of nitrogens with one attached hydrogen (secondary N) is 1. The fraction of sp³-hybridized carbons (Fsp3) is 0.500. The zero-order valence-electron chi connectivity index (χ0n) is 7.99. The van der Waals surface area contributed by atoms with Crippen LogP contribution >= 0.6 is 11.8 Å². The molecule has 0 saturated carbocycles. The van der Waals surface area contributed by atoms with Crippen molar-refractivity contribution in [1.82, 2.24) is 10.3 Å². The molecular formula is C10H16N2S. The summed E-state index contributed by atoms with van der Waals surface area (Å²) in [5.41, 5.74) is 1.30. The van der Waals surface area contributed by atoms with Crippen molar-refractivity contribution in [3.63, 3.8) is 0 Å². The van der Waals surface area contributed by atoms with Crippen LogP contribution in [0.25, 0.3) is 0 Å². The van der Waals surface area contributed by atoms with Crippen LogP contribution < -0.4 is 5.32 Å². The number of aromatic nitrogens is 1. The lowest BCUT2D eigenvalue weighted by atomic mass is 10.3. The molecule has 3 heteroatoms. The summed E-state index contributed by atoms with van der Waals surface area (Å²) in [4.78, 5) is 3.97. The van der Waals surface area contributed by atoms with Gasteiger partial charge in [0.05, 0.1) is 0 Å². The Kier molecular flexibility index (Phi) is 5.61. The molecule has 0 aliphatic carbocycles. The molecule has 0 aliphatic rings. The minimum atomic E-state index is 0.951. The van der Waals surface area contributed by atoms with Crippen LogP contribution in [0.4, 0.5) is 0 Å². The molecule has 0 bridgehead atoms. The SMILES string of the molecule is CCSCCNCc1ccncc1. The van der Waals surface area contributed by atoms with Gasteiger partial charge in [-0.15, -0.1) is 0 Å². The topological polar surface area (TPSA) is 24.9 Å². The predicted molar refractivity (Wildman–Crippen MR) is 58.9 cm³/mol. The molecule has 1 heterocycles. The van der Waals surface area contributed by atoms with Crippen LogP contribution in [-0.4, -0.2) is 23.0 Å². The van der Waals surface area contributed by atoms with Gasteiger partial charge >= 0.3 is 0 Å². The van der Waals surface area contributed by atoms with Gasteiger partial charge < -0.3 is 5.32 Å². The highest BCUT2D eigenvalue weighted by Gasteiger charge is 1.90. The van der Waals surface area contributed by atoms with Crippen LogP contribution in [0.2, 0.25) is 0 Å². The number of hydrogen-bond donors (Lipinski definition) is 1. The molecule has 1 aromatic rings. The molecule has 0 radical (unpaired) electrons. The van der Waals surface area contributed by atoms with E-state index in [2.05, 4.69) is 17.2 Å². The van der Waals surface area contributed by atoms with Crippen LogP contribution in [0.15, 0.2) is 24.5 Å². The van der Waals surface area contributed by atoms with E-state index in [1.165, 1.54) is 17.1 Å². The number of hydrogen-bond acceptors (Lipinski definition) is 3. The van der Waals surface area contributed by atoms with E-state index in [1.54, 1.807) is 0 Å². The van der Waals surface area contributed by atoms with Gasteiger partial charge in [0.1, 0.15) is 0 Å². The first-order chi connectivity index (χ1) is 6.43. The highest BCUT2D eigenvalue weighted by Crippen LogP contribution is 1.97. The largest absolute Gasteiger partial charge is 0.312 e. The van der Waals surface area contributed by atoms with Gasteiger partial charge in [0.25, 0.3) is 0 Å². The average Bonchev–Trinajstić information content (AvgIpc) is 2.19. The van der Waals surface area contributed by atoms with Crippen molar-refractivity contribution in [3.8, 4) is 0 Å². The predicted octanol–water partition coefficient (Wildman–Crippen LogP) is 1.92. The maximum absolute atomic E-state index is 3.97. The monoisotopic (exact) mass is 196 g/mol. The van der Waals surface area contributed by atoms with Gasteiger partial charge in [0.15, 0.2) is 0 Å². The molecule has 0 aliphatic heterocycles. The van der Waals surface area contributed by atoms with Crippen LogP contribution in [0.1, 0.15) is 12.5 Å². The third-order valence-corrected chi connectivity index (χ3v) is 2.61. The van der Waals surface area contributed by atoms with Crippen LogP contribution in [0.3, 0.4) is 0 Å². The Morgan fingerprint density at radius 3 is 2.85 bits per heavy atom. The van der Waals surface area contributed by atoms with Gasteiger partial charge in [-0.1, -0.05) is 6.92 Å². The van der Waals surface area contributed by atoms with E-state index < -0.39 is 0 Å². The molecule has 1 N–H and O–H groups in total. The van der Waals surface area contributed by atoms with Crippen molar-refractivity contribution in [2.75, 3.05) is 18.1 Å². The number of thioether (sulfide) groups is 1. The second-order valence-electron chi connectivity index (χ2n) is 2.73. The summed E-state index contributed by atoms with van der Waals surface area (Å²) in [6.07, 6.45) is 3.66. The highest BCUT2D eigenvalue weighted by molar-refractivity contribution is 7.99. The smallest absolute Gasteiger partial charge is 0.0271 e. The molecule has 0 atom stereocenters. The average molecular weight is 196 g/mol. The molecule has 13 heavy (non-hydrogen) atoms. The quantitative estimate of drug-likeness (QED) is 0.704. The van der Waals surface area contributed by atoms with Gasteiger partial charge in [0.2, 0.25) is 0 Å². The lowest BCUT2D eigenvalue weighted by molar-refractivity contribution is 0.731. The summed E-state index contributed by atoms with van der Waals surface area (Å²) in [7, 11) is 0. The molecule has 2 nitrogen and oxygen atoms in total. The summed E-state index contributed by atoms with van der Waals surface area (Å²) >= 11 is 1.97. The van der Waals surface area contributed by atoms with E-state index >= 15 is 0 Å². The third kappa shape index (κ3) is 4.90. The molecule has 72 valence electrons. The van der Waals surface area contributed by atoms with Gasteiger partial charge in [-0.3, -0.25) is 4.98 Å². The van der Waals surface area contributed by atoms with E-state index in [0.717, 1.165) is 13.1 Å². The van der Waals surface area contributed by atoms with Crippen LogP contribution in [0.5, 0.6) is 0 Å². The minimum absolute atomic E-state index is 0.951. The standard InChI is InChI=1S/C10H16N2S/c1-2-13-8-7-12-9-10-3-5-11-6-4-10/h3-6,12H,2,7-9H2,1H3. The van der Waals surface area contributed by atoms with Crippen molar-refractivity contribution in [1.29, 1.82) is 0 Å².